The van der Waals surface area contributed by atoms with E-state index in [-0.39, 0.29) is 0 Å². The molecule has 1 aliphatic rings. The SMILES string of the molecule is C=CCNc1nccc(N2CCC(C)CC2)n1. The van der Waals surface area contributed by atoms with Crippen molar-refractivity contribution in [2.75, 3.05) is 29.9 Å². The number of hydrogen-bond acceptors (Lipinski definition) is 4. The molecule has 0 aliphatic carbocycles. The maximum Gasteiger partial charge on any atom is 0.224 e. The van der Waals surface area contributed by atoms with Crippen molar-refractivity contribution < 1.29 is 0 Å². The summed E-state index contributed by atoms with van der Waals surface area (Å²) in [7, 11) is 0. The van der Waals surface area contributed by atoms with Crippen molar-refractivity contribution in [3.8, 4) is 0 Å². The van der Waals surface area contributed by atoms with Crippen molar-refractivity contribution in [3.63, 3.8) is 0 Å². The molecule has 17 heavy (non-hydrogen) atoms. The number of aromatic nitrogens is 2. The first kappa shape index (κ1) is 11.9. The first-order chi connectivity index (χ1) is 8.29. The molecule has 2 heterocycles. The van der Waals surface area contributed by atoms with E-state index in [1.165, 1.54) is 12.8 Å². The molecule has 0 bridgehead atoms. The molecule has 4 heteroatoms. The predicted molar refractivity (Wildman–Crippen MR) is 71.3 cm³/mol. The molecular weight excluding hydrogens is 212 g/mol. The summed E-state index contributed by atoms with van der Waals surface area (Å²) in [6.45, 7) is 8.87. The maximum atomic E-state index is 4.51. The van der Waals surface area contributed by atoms with Gasteiger partial charge in [0, 0.05) is 25.8 Å². The summed E-state index contributed by atoms with van der Waals surface area (Å²) >= 11 is 0. The van der Waals surface area contributed by atoms with Crippen molar-refractivity contribution in [2.45, 2.75) is 19.8 Å². The zero-order valence-corrected chi connectivity index (χ0v) is 10.4. The van der Waals surface area contributed by atoms with Crippen LogP contribution in [0.15, 0.2) is 24.9 Å². The smallest absolute Gasteiger partial charge is 0.224 e. The first-order valence-electron chi connectivity index (χ1n) is 6.22. The third-order valence-corrected chi connectivity index (χ3v) is 3.15. The molecule has 1 aromatic rings. The van der Waals surface area contributed by atoms with Crippen LogP contribution in [-0.2, 0) is 0 Å². The second-order valence-corrected chi connectivity index (χ2v) is 4.58. The molecule has 4 nitrogen and oxygen atoms in total. The van der Waals surface area contributed by atoms with Crippen LogP contribution >= 0.6 is 0 Å². The number of rotatable bonds is 4. The Morgan fingerprint density at radius 1 is 1.53 bits per heavy atom. The van der Waals surface area contributed by atoms with Gasteiger partial charge >= 0.3 is 0 Å². The van der Waals surface area contributed by atoms with Crippen LogP contribution in [0.2, 0.25) is 0 Å². The van der Waals surface area contributed by atoms with Crippen molar-refractivity contribution in [3.05, 3.63) is 24.9 Å². The minimum atomic E-state index is 0.682. The highest BCUT2D eigenvalue weighted by Crippen LogP contribution is 2.21. The summed E-state index contributed by atoms with van der Waals surface area (Å²) in [5, 5.41) is 3.12. The predicted octanol–water partition coefficient (Wildman–Crippen LogP) is 2.31. The van der Waals surface area contributed by atoms with Crippen molar-refractivity contribution in [2.24, 2.45) is 5.92 Å². The van der Waals surface area contributed by atoms with Crippen molar-refractivity contribution >= 4 is 11.8 Å². The topological polar surface area (TPSA) is 41.1 Å². The van der Waals surface area contributed by atoms with Crippen LogP contribution in [0.1, 0.15) is 19.8 Å². The van der Waals surface area contributed by atoms with E-state index in [1.54, 1.807) is 6.08 Å². The lowest BCUT2D eigenvalue weighted by molar-refractivity contribution is 0.436. The van der Waals surface area contributed by atoms with E-state index < -0.39 is 0 Å². The van der Waals surface area contributed by atoms with Crippen LogP contribution in [0.5, 0.6) is 0 Å². The van der Waals surface area contributed by atoms with Crippen LogP contribution < -0.4 is 10.2 Å². The normalized spacial score (nSPS) is 16.9. The summed E-state index contributed by atoms with van der Waals surface area (Å²) in [4.78, 5) is 11.0. The van der Waals surface area contributed by atoms with Gasteiger partial charge in [-0.15, -0.1) is 6.58 Å². The minimum Gasteiger partial charge on any atom is -0.356 e. The van der Waals surface area contributed by atoms with Gasteiger partial charge in [0.25, 0.3) is 0 Å². The molecule has 0 spiro atoms. The third kappa shape index (κ3) is 3.19. The van der Waals surface area contributed by atoms with Crippen molar-refractivity contribution in [1.82, 2.24) is 9.97 Å². The molecule has 1 saturated heterocycles. The molecule has 92 valence electrons. The van der Waals surface area contributed by atoms with Crippen molar-refractivity contribution in [1.29, 1.82) is 0 Å². The molecule has 1 aromatic heterocycles. The van der Waals surface area contributed by atoms with Crippen LogP contribution in [-0.4, -0.2) is 29.6 Å². The Labute approximate surface area is 103 Å². The van der Waals surface area contributed by atoms with E-state index in [0.717, 1.165) is 24.8 Å². The number of nitrogens with zero attached hydrogens (tertiary/aromatic N) is 3. The largest absolute Gasteiger partial charge is 0.356 e. The van der Waals surface area contributed by atoms with Gasteiger partial charge in [-0.1, -0.05) is 13.0 Å². The zero-order chi connectivity index (χ0) is 12.1. The lowest BCUT2D eigenvalue weighted by Crippen LogP contribution is -2.33. The van der Waals surface area contributed by atoms with Gasteiger partial charge in [-0.2, -0.15) is 4.98 Å². The number of hydrogen-bond donors (Lipinski definition) is 1. The second kappa shape index (κ2) is 5.66. The monoisotopic (exact) mass is 232 g/mol. The molecule has 1 fully saturated rings. The van der Waals surface area contributed by atoms with Gasteiger partial charge in [0.15, 0.2) is 0 Å². The minimum absolute atomic E-state index is 0.682. The van der Waals surface area contributed by atoms with E-state index in [2.05, 4.69) is 33.7 Å². The Kier molecular flexibility index (Phi) is 3.96. The van der Waals surface area contributed by atoms with Gasteiger partial charge in [0.05, 0.1) is 0 Å². The van der Waals surface area contributed by atoms with E-state index in [0.29, 0.717) is 12.5 Å². The van der Waals surface area contributed by atoms with E-state index in [4.69, 9.17) is 0 Å². The Balaban J connectivity index is 2.02. The second-order valence-electron chi connectivity index (χ2n) is 4.58. The number of nitrogens with one attached hydrogen (secondary N) is 1. The Morgan fingerprint density at radius 3 is 3.00 bits per heavy atom. The van der Waals surface area contributed by atoms with Crippen LogP contribution in [0.3, 0.4) is 0 Å². The standard InChI is InChI=1S/C13H20N4/c1-3-7-14-13-15-8-4-12(16-13)17-9-5-11(2)6-10-17/h3-4,8,11H,1,5-7,9-10H2,2H3,(H,14,15,16). The highest BCUT2D eigenvalue weighted by molar-refractivity contribution is 5.42. The summed E-state index contributed by atoms with van der Waals surface area (Å²) in [5.41, 5.74) is 0. The fourth-order valence-electron chi connectivity index (χ4n) is 2.01. The molecule has 0 unspecified atom stereocenters. The fraction of sp³-hybridized carbons (Fsp3) is 0.538. The van der Waals surface area contributed by atoms with E-state index in [9.17, 15) is 0 Å². The fourth-order valence-corrected chi connectivity index (χ4v) is 2.01. The first-order valence-corrected chi connectivity index (χ1v) is 6.22. The quantitative estimate of drug-likeness (QED) is 0.809. The Bertz CT molecular complexity index is 369. The van der Waals surface area contributed by atoms with Crippen LogP contribution in [0, 0.1) is 5.92 Å². The van der Waals surface area contributed by atoms with Gasteiger partial charge in [-0.3, -0.25) is 0 Å². The molecule has 0 amide bonds. The average Bonchev–Trinajstić information content (AvgIpc) is 2.37. The molecule has 2 rings (SSSR count). The zero-order valence-electron chi connectivity index (χ0n) is 10.4. The Hall–Kier alpha value is -1.58. The molecule has 1 N–H and O–H groups in total. The summed E-state index contributed by atoms with van der Waals surface area (Å²) in [6.07, 6.45) is 6.11. The molecule has 1 aliphatic heterocycles. The molecule has 0 saturated carbocycles. The van der Waals surface area contributed by atoms with Crippen LogP contribution in [0.25, 0.3) is 0 Å². The van der Waals surface area contributed by atoms with Gasteiger partial charge in [-0.25, -0.2) is 4.98 Å². The lowest BCUT2D eigenvalue weighted by atomic mass is 9.99. The highest BCUT2D eigenvalue weighted by Gasteiger charge is 2.17. The van der Waals surface area contributed by atoms with Gasteiger partial charge in [-0.05, 0) is 24.8 Å². The van der Waals surface area contributed by atoms with E-state index >= 15 is 0 Å². The number of anilines is 2. The number of piperidine rings is 1. The lowest BCUT2D eigenvalue weighted by Gasteiger charge is -2.31. The summed E-state index contributed by atoms with van der Waals surface area (Å²) < 4.78 is 0. The molecule has 0 atom stereocenters. The molecule has 0 aromatic carbocycles. The van der Waals surface area contributed by atoms with Crippen LogP contribution in [0.4, 0.5) is 11.8 Å². The third-order valence-electron chi connectivity index (χ3n) is 3.15. The van der Waals surface area contributed by atoms with Gasteiger partial charge in [0.2, 0.25) is 5.95 Å². The Morgan fingerprint density at radius 2 is 2.29 bits per heavy atom. The summed E-state index contributed by atoms with van der Waals surface area (Å²) in [6, 6.07) is 1.98. The summed E-state index contributed by atoms with van der Waals surface area (Å²) in [5.74, 6) is 2.55. The highest BCUT2D eigenvalue weighted by atomic mass is 15.2. The van der Waals surface area contributed by atoms with E-state index in [1.807, 2.05) is 12.3 Å². The van der Waals surface area contributed by atoms with Gasteiger partial charge < -0.3 is 10.2 Å². The molecule has 0 radical (unpaired) electrons. The molecular formula is C13H20N4. The van der Waals surface area contributed by atoms with Gasteiger partial charge in [0.1, 0.15) is 5.82 Å². The average molecular weight is 232 g/mol. The maximum absolute atomic E-state index is 4.51.